The fraction of sp³-hybridized carbons (Fsp3) is 0.269. The van der Waals surface area contributed by atoms with Crippen LogP contribution < -0.4 is 10.1 Å². The smallest absolute Gasteiger partial charge is 0.317 e. The van der Waals surface area contributed by atoms with E-state index in [1.807, 2.05) is 17.0 Å². The van der Waals surface area contributed by atoms with E-state index in [0.717, 1.165) is 48.0 Å². The molecule has 2 amide bonds. The van der Waals surface area contributed by atoms with Crippen molar-refractivity contribution in [2.45, 2.75) is 25.3 Å². The van der Waals surface area contributed by atoms with Crippen LogP contribution in [0.25, 0.3) is 21.7 Å². The van der Waals surface area contributed by atoms with Crippen molar-refractivity contribution in [1.29, 1.82) is 0 Å². The molecular weight excluding hydrogens is 386 g/mol. The van der Waals surface area contributed by atoms with Crippen molar-refractivity contribution in [3.63, 3.8) is 0 Å². The molecular formula is C26H27N3O2. The van der Waals surface area contributed by atoms with Gasteiger partial charge in [0.05, 0.1) is 7.11 Å². The lowest BCUT2D eigenvalue weighted by molar-refractivity contribution is 0.181. The fourth-order valence-electron chi connectivity index (χ4n) is 4.63. The Labute approximate surface area is 182 Å². The lowest BCUT2D eigenvalue weighted by Crippen LogP contribution is -2.43. The Morgan fingerprint density at radius 3 is 2.68 bits per heavy atom. The van der Waals surface area contributed by atoms with Crippen molar-refractivity contribution in [1.82, 2.24) is 15.2 Å². The van der Waals surface area contributed by atoms with Crippen LogP contribution in [0, 0.1) is 0 Å². The molecule has 4 aromatic rings. The molecule has 0 bridgehead atoms. The molecule has 5 heteroatoms. The zero-order chi connectivity index (χ0) is 21.2. The average molecular weight is 414 g/mol. The maximum absolute atomic E-state index is 12.7. The molecule has 1 aromatic heterocycles. The number of carbonyl (C=O) groups excluding carboxylic acids is 1. The minimum Gasteiger partial charge on any atom is -0.497 e. The minimum atomic E-state index is 0.0206. The van der Waals surface area contributed by atoms with Gasteiger partial charge in [-0.2, -0.15) is 0 Å². The first-order chi connectivity index (χ1) is 15.2. The maximum atomic E-state index is 12.7. The number of rotatable bonds is 4. The second-order valence-corrected chi connectivity index (χ2v) is 8.26. The first-order valence-corrected chi connectivity index (χ1v) is 10.9. The molecule has 0 spiro atoms. The number of benzene rings is 3. The van der Waals surface area contributed by atoms with Crippen molar-refractivity contribution in [3.8, 4) is 5.75 Å². The second kappa shape index (κ2) is 8.34. The van der Waals surface area contributed by atoms with Crippen LogP contribution in [0.1, 0.15) is 29.9 Å². The SMILES string of the molecule is COc1ccc2cc(CNC(=O)N3CCC(c4c[nH]c5ccccc45)CC3)ccc2c1. The number of nitrogens with one attached hydrogen (secondary N) is 2. The van der Waals surface area contributed by atoms with Gasteiger partial charge in [0.25, 0.3) is 0 Å². The normalized spacial score (nSPS) is 14.8. The Balaban J connectivity index is 1.18. The number of hydrogen-bond acceptors (Lipinski definition) is 2. The van der Waals surface area contributed by atoms with Crippen molar-refractivity contribution < 1.29 is 9.53 Å². The maximum Gasteiger partial charge on any atom is 0.317 e. The quantitative estimate of drug-likeness (QED) is 0.469. The van der Waals surface area contributed by atoms with Crippen LogP contribution in [-0.4, -0.2) is 36.1 Å². The summed E-state index contributed by atoms with van der Waals surface area (Å²) in [5, 5.41) is 6.67. The molecule has 0 radical (unpaired) electrons. The minimum absolute atomic E-state index is 0.0206. The lowest BCUT2D eigenvalue weighted by atomic mass is 9.89. The zero-order valence-corrected chi connectivity index (χ0v) is 17.7. The molecule has 31 heavy (non-hydrogen) atoms. The number of methoxy groups -OCH3 is 1. The predicted molar refractivity (Wildman–Crippen MR) is 125 cm³/mol. The highest BCUT2D eigenvalue weighted by Crippen LogP contribution is 2.33. The van der Waals surface area contributed by atoms with Gasteiger partial charge in [-0.15, -0.1) is 0 Å². The van der Waals surface area contributed by atoms with Gasteiger partial charge in [-0.25, -0.2) is 4.79 Å². The molecule has 0 aliphatic carbocycles. The number of aromatic amines is 1. The summed E-state index contributed by atoms with van der Waals surface area (Å²) >= 11 is 0. The largest absolute Gasteiger partial charge is 0.497 e. The van der Waals surface area contributed by atoms with Crippen LogP contribution in [0.4, 0.5) is 4.79 Å². The molecule has 158 valence electrons. The number of urea groups is 1. The lowest BCUT2D eigenvalue weighted by Gasteiger charge is -2.32. The summed E-state index contributed by atoms with van der Waals surface area (Å²) in [6, 6.07) is 20.8. The van der Waals surface area contributed by atoms with Crippen LogP contribution in [-0.2, 0) is 6.54 Å². The van der Waals surface area contributed by atoms with E-state index < -0.39 is 0 Å². The molecule has 0 saturated carbocycles. The van der Waals surface area contributed by atoms with Crippen molar-refractivity contribution >= 4 is 27.7 Å². The van der Waals surface area contributed by atoms with E-state index in [1.54, 1.807) is 7.11 Å². The topological polar surface area (TPSA) is 57.4 Å². The number of H-pyrrole nitrogens is 1. The van der Waals surface area contributed by atoms with Gasteiger partial charge >= 0.3 is 6.03 Å². The standard InChI is InChI=1S/C26H27N3O2/c1-31-22-9-8-20-14-18(6-7-21(20)15-22)16-28-26(30)29-12-10-19(11-13-29)24-17-27-25-5-3-2-4-23(24)25/h2-9,14-15,17,19,27H,10-13,16H2,1H3,(H,28,30). The van der Waals surface area contributed by atoms with Gasteiger partial charge in [0.1, 0.15) is 5.75 Å². The molecule has 3 aromatic carbocycles. The highest BCUT2D eigenvalue weighted by molar-refractivity contribution is 5.85. The molecule has 1 aliphatic rings. The number of piperidine rings is 1. The summed E-state index contributed by atoms with van der Waals surface area (Å²) in [5.74, 6) is 1.35. The van der Waals surface area contributed by atoms with Crippen LogP contribution in [0.2, 0.25) is 0 Å². The molecule has 2 heterocycles. The van der Waals surface area contributed by atoms with Crippen LogP contribution >= 0.6 is 0 Å². The third-order valence-electron chi connectivity index (χ3n) is 6.40. The second-order valence-electron chi connectivity index (χ2n) is 8.26. The molecule has 0 atom stereocenters. The Morgan fingerprint density at radius 1 is 1.06 bits per heavy atom. The molecule has 0 unspecified atom stereocenters. The van der Waals surface area contributed by atoms with E-state index in [1.165, 1.54) is 16.5 Å². The number of amides is 2. The number of aromatic nitrogens is 1. The van der Waals surface area contributed by atoms with Gasteiger partial charge in [0.15, 0.2) is 0 Å². The van der Waals surface area contributed by atoms with E-state index in [-0.39, 0.29) is 6.03 Å². The number of hydrogen-bond donors (Lipinski definition) is 2. The van der Waals surface area contributed by atoms with Crippen LogP contribution in [0.15, 0.2) is 66.9 Å². The third-order valence-corrected chi connectivity index (χ3v) is 6.40. The Kier molecular flexibility index (Phi) is 5.24. The summed E-state index contributed by atoms with van der Waals surface area (Å²) in [5.41, 5.74) is 3.66. The highest BCUT2D eigenvalue weighted by atomic mass is 16.5. The van der Waals surface area contributed by atoms with E-state index in [9.17, 15) is 4.79 Å². The molecule has 5 nitrogen and oxygen atoms in total. The average Bonchev–Trinajstić information content (AvgIpc) is 3.26. The fourth-order valence-corrected chi connectivity index (χ4v) is 4.63. The highest BCUT2D eigenvalue weighted by Gasteiger charge is 2.25. The van der Waals surface area contributed by atoms with Crippen LogP contribution in [0.5, 0.6) is 5.75 Å². The van der Waals surface area contributed by atoms with Crippen molar-refractivity contribution in [2.24, 2.45) is 0 Å². The van der Waals surface area contributed by atoms with Gasteiger partial charge in [-0.3, -0.25) is 0 Å². The summed E-state index contributed by atoms with van der Waals surface area (Å²) in [7, 11) is 1.67. The molecule has 1 saturated heterocycles. The first-order valence-electron chi connectivity index (χ1n) is 10.9. The number of likely N-dealkylation sites (tertiary alicyclic amines) is 1. The summed E-state index contributed by atoms with van der Waals surface area (Å²) in [6.07, 6.45) is 4.13. The van der Waals surface area contributed by atoms with Crippen LogP contribution in [0.3, 0.4) is 0 Å². The molecule has 1 aliphatic heterocycles. The molecule has 1 fully saturated rings. The first kappa shape index (κ1) is 19.5. The van der Waals surface area contributed by atoms with E-state index >= 15 is 0 Å². The van der Waals surface area contributed by atoms with Crippen molar-refractivity contribution in [3.05, 3.63) is 78.0 Å². The monoisotopic (exact) mass is 413 g/mol. The van der Waals surface area contributed by atoms with Crippen molar-refractivity contribution in [2.75, 3.05) is 20.2 Å². The number of ether oxygens (including phenoxy) is 1. The summed E-state index contributed by atoms with van der Waals surface area (Å²) in [6.45, 7) is 2.10. The van der Waals surface area contributed by atoms with Gasteiger partial charge < -0.3 is 19.9 Å². The van der Waals surface area contributed by atoms with Gasteiger partial charge in [-0.05, 0) is 64.9 Å². The molecule has 5 rings (SSSR count). The Morgan fingerprint density at radius 2 is 1.84 bits per heavy atom. The number of nitrogens with zero attached hydrogens (tertiary/aromatic N) is 1. The van der Waals surface area contributed by atoms with E-state index in [0.29, 0.717) is 12.5 Å². The number of fused-ring (bicyclic) bond motifs is 2. The summed E-state index contributed by atoms with van der Waals surface area (Å²) in [4.78, 5) is 18.0. The van der Waals surface area contributed by atoms with Gasteiger partial charge in [-0.1, -0.05) is 36.4 Å². The summed E-state index contributed by atoms with van der Waals surface area (Å²) < 4.78 is 5.29. The van der Waals surface area contributed by atoms with E-state index in [4.69, 9.17) is 4.74 Å². The number of carbonyl (C=O) groups is 1. The Bertz CT molecular complexity index is 1220. The number of para-hydroxylation sites is 1. The predicted octanol–water partition coefficient (Wildman–Crippen LogP) is 5.42. The molecule has 2 N–H and O–H groups in total. The third kappa shape index (κ3) is 3.96. The van der Waals surface area contributed by atoms with Gasteiger partial charge in [0, 0.05) is 36.7 Å². The Hall–Kier alpha value is -3.47. The van der Waals surface area contributed by atoms with Gasteiger partial charge in [0.2, 0.25) is 0 Å². The van der Waals surface area contributed by atoms with E-state index in [2.05, 4.69) is 65.0 Å². The zero-order valence-electron chi connectivity index (χ0n) is 17.7.